The zero-order valence-corrected chi connectivity index (χ0v) is 29.8. The number of nitrogens with zero attached hydrogens (tertiary/aromatic N) is 1. The van der Waals surface area contributed by atoms with E-state index in [-0.39, 0.29) is 47.9 Å². The third kappa shape index (κ3) is 8.31. The molecule has 0 saturated carbocycles. The summed E-state index contributed by atoms with van der Waals surface area (Å²) in [5, 5.41) is 14.5. The van der Waals surface area contributed by atoms with Crippen LogP contribution in [0.2, 0.25) is 0 Å². The Morgan fingerprint density at radius 2 is 1.39 bits per heavy atom. The number of pyridine rings is 1. The number of ketones is 1. The summed E-state index contributed by atoms with van der Waals surface area (Å²) in [4.78, 5) is 14.3. The molecule has 2 N–H and O–H groups in total. The molecular weight excluding hydrogens is 719 g/mol. The number of rotatable bonds is 3. The predicted octanol–water partition coefficient (Wildman–Crippen LogP) is 10.9. The Kier molecular flexibility index (Phi) is 10.8. The molecular formula is C40H45IrNO2. The van der Waals surface area contributed by atoms with Gasteiger partial charge in [0.15, 0.2) is 0 Å². The summed E-state index contributed by atoms with van der Waals surface area (Å²) in [6.07, 6.45) is 3.35. The van der Waals surface area contributed by atoms with E-state index in [9.17, 15) is 9.90 Å². The van der Waals surface area contributed by atoms with Crippen molar-refractivity contribution < 1.29 is 30.0 Å². The van der Waals surface area contributed by atoms with Crippen LogP contribution in [0.15, 0.2) is 103 Å². The Labute approximate surface area is 276 Å². The molecule has 231 valence electrons. The number of hydrogen-bond acceptors (Lipinski definition) is 2. The van der Waals surface area contributed by atoms with Crippen LogP contribution in [0.1, 0.15) is 67.9 Å². The molecule has 5 aromatic rings. The minimum Gasteiger partial charge on any atom is -0.511 e. The molecule has 4 aromatic carbocycles. The fraction of sp³-hybridized carbons (Fsp3) is 0.300. The van der Waals surface area contributed by atoms with Crippen molar-refractivity contribution >= 4 is 27.3 Å². The Morgan fingerprint density at radius 1 is 0.727 bits per heavy atom. The molecule has 44 heavy (non-hydrogen) atoms. The summed E-state index contributed by atoms with van der Waals surface area (Å²) in [5.74, 6) is 0.417. The molecule has 4 heteroatoms. The first-order valence-corrected chi connectivity index (χ1v) is 14.9. The van der Waals surface area contributed by atoms with Crippen molar-refractivity contribution in [2.75, 3.05) is 0 Å². The van der Waals surface area contributed by atoms with E-state index >= 15 is 0 Å². The quantitative estimate of drug-likeness (QED) is 0.0654. The second-order valence-electron chi connectivity index (χ2n) is 14.3. The van der Waals surface area contributed by atoms with Gasteiger partial charge in [0.25, 0.3) is 0 Å². The van der Waals surface area contributed by atoms with Gasteiger partial charge in [-0.25, -0.2) is 0 Å². The summed E-state index contributed by atoms with van der Waals surface area (Å²) in [7, 11) is 0. The van der Waals surface area contributed by atoms with Crippen LogP contribution in [0.25, 0.3) is 43.9 Å². The molecule has 1 radical (unpaired) electrons. The van der Waals surface area contributed by atoms with Gasteiger partial charge in [-0.05, 0) is 70.6 Å². The number of aromatic nitrogens is 1. The molecule has 0 fully saturated rings. The van der Waals surface area contributed by atoms with Gasteiger partial charge in [0, 0.05) is 31.7 Å². The van der Waals surface area contributed by atoms with Crippen molar-refractivity contribution in [1.82, 2.24) is 4.98 Å². The summed E-state index contributed by atoms with van der Waals surface area (Å²) in [6, 6.07) is 33.6. The largest absolute Gasteiger partial charge is 0.511 e. The van der Waals surface area contributed by atoms with Crippen LogP contribution in [-0.4, -0.2) is 20.7 Å². The SMILES string of the molecule is CC(C)(C)C(=[OH+])/C=C(\O)C(C)(C)C.CC(C)(C)c1ccc(-c2cc[c-]c(-c3nccc4c3ccc3ccccc34)c2)cc1.[Ir]. The van der Waals surface area contributed by atoms with E-state index in [2.05, 4.69) is 106 Å². The summed E-state index contributed by atoms with van der Waals surface area (Å²) in [5.41, 5.74) is 5.28. The normalized spacial score (nSPS) is 12.3. The van der Waals surface area contributed by atoms with Gasteiger partial charge in [0.05, 0.1) is 11.5 Å². The van der Waals surface area contributed by atoms with E-state index in [1.54, 1.807) is 0 Å². The zero-order chi connectivity index (χ0) is 31.6. The first-order valence-electron chi connectivity index (χ1n) is 14.9. The maximum atomic E-state index is 9.60. The van der Waals surface area contributed by atoms with Crippen molar-refractivity contribution in [2.24, 2.45) is 10.8 Å². The number of aliphatic hydroxyl groups excluding tert-OH is 1. The van der Waals surface area contributed by atoms with Gasteiger partial charge in [0.1, 0.15) is 5.76 Å². The fourth-order valence-electron chi connectivity index (χ4n) is 4.66. The molecule has 0 aliphatic rings. The maximum Gasteiger partial charge on any atom is 0.325 e. The van der Waals surface area contributed by atoms with Crippen LogP contribution < -0.4 is 0 Å². The second-order valence-corrected chi connectivity index (χ2v) is 14.3. The van der Waals surface area contributed by atoms with E-state index in [0.717, 1.165) is 16.6 Å². The van der Waals surface area contributed by atoms with Gasteiger partial charge >= 0.3 is 5.78 Å². The van der Waals surface area contributed by atoms with E-state index in [0.29, 0.717) is 0 Å². The van der Waals surface area contributed by atoms with Crippen LogP contribution in [0.5, 0.6) is 0 Å². The third-order valence-corrected chi connectivity index (χ3v) is 7.62. The summed E-state index contributed by atoms with van der Waals surface area (Å²) < 4.78 is 0. The number of allylic oxidation sites excluding steroid dienone is 2. The van der Waals surface area contributed by atoms with E-state index < -0.39 is 0 Å². The number of carbonyl (C=O) groups excluding carboxylic acids is 1. The van der Waals surface area contributed by atoms with Crippen LogP contribution in [0, 0.1) is 16.9 Å². The standard InChI is InChI=1S/C29H24N.C11H20O2.Ir/c1-29(2,3)24-14-11-20(12-15-24)22-8-6-9-23(19-22)28-27-16-13-21-7-4-5-10-25(21)26(27)17-18-30-28;1-10(2,3)8(12)7-9(13)11(4,5)6;/h4-8,10-19H,1-3H3;7,12H,1-6H3;/q-1;;/p+1/b;8-7-;. The van der Waals surface area contributed by atoms with Crippen LogP contribution >= 0.6 is 0 Å². The maximum absolute atomic E-state index is 9.60. The molecule has 0 spiro atoms. The molecule has 3 nitrogen and oxygen atoms in total. The van der Waals surface area contributed by atoms with Gasteiger partial charge in [-0.15, -0.1) is 35.4 Å². The number of hydrogen-bond donors (Lipinski definition) is 1. The van der Waals surface area contributed by atoms with E-state index in [1.807, 2.05) is 53.8 Å². The molecule has 0 amide bonds. The number of fused-ring (bicyclic) bond motifs is 3. The average Bonchev–Trinajstić information content (AvgIpc) is 2.96. The van der Waals surface area contributed by atoms with Gasteiger partial charge in [0.2, 0.25) is 0 Å². The third-order valence-electron chi connectivity index (χ3n) is 7.62. The topological polar surface area (TPSA) is 54.5 Å². The monoisotopic (exact) mass is 764 g/mol. The van der Waals surface area contributed by atoms with Crippen molar-refractivity contribution in [3.63, 3.8) is 0 Å². The first kappa shape index (κ1) is 34.9. The minimum absolute atomic E-state index is 0. The molecule has 1 aromatic heterocycles. The fourth-order valence-corrected chi connectivity index (χ4v) is 4.66. The Balaban J connectivity index is 0.000000324. The smallest absolute Gasteiger partial charge is 0.325 e. The first-order chi connectivity index (χ1) is 20.1. The minimum atomic E-state index is -0.306. The molecule has 5 rings (SSSR count). The second kappa shape index (κ2) is 13.6. The molecule has 0 atom stereocenters. The molecule has 0 unspecified atom stereocenters. The molecule has 0 saturated heterocycles. The van der Waals surface area contributed by atoms with Crippen molar-refractivity contribution in [2.45, 2.75) is 67.7 Å². The Hall–Kier alpha value is -3.59. The Bertz CT molecular complexity index is 1780. The van der Waals surface area contributed by atoms with E-state index in [4.69, 9.17) is 4.98 Å². The van der Waals surface area contributed by atoms with Gasteiger partial charge < -0.3 is 10.1 Å². The van der Waals surface area contributed by atoms with E-state index in [1.165, 1.54) is 38.9 Å². The van der Waals surface area contributed by atoms with Crippen molar-refractivity contribution in [1.29, 1.82) is 0 Å². The summed E-state index contributed by atoms with van der Waals surface area (Å²) >= 11 is 0. The molecule has 0 aliphatic carbocycles. The average molecular weight is 764 g/mol. The van der Waals surface area contributed by atoms with Crippen molar-refractivity contribution in [3.05, 3.63) is 115 Å². The number of benzene rings is 4. The molecule has 0 bridgehead atoms. The van der Waals surface area contributed by atoms with Crippen LogP contribution in [0.3, 0.4) is 0 Å². The van der Waals surface area contributed by atoms with Gasteiger partial charge in [-0.1, -0.05) is 102 Å². The van der Waals surface area contributed by atoms with Crippen LogP contribution in [0.4, 0.5) is 0 Å². The molecule has 1 heterocycles. The van der Waals surface area contributed by atoms with Gasteiger partial charge in [-0.3, -0.25) is 4.79 Å². The Morgan fingerprint density at radius 3 is 2.00 bits per heavy atom. The zero-order valence-electron chi connectivity index (χ0n) is 27.4. The predicted molar refractivity (Wildman–Crippen MR) is 184 cm³/mol. The molecule has 0 aliphatic heterocycles. The summed E-state index contributed by atoms with van der Waals surface area (Å²) in [6.45, 7) is 18.1. The number of aliphatic hydroxyl groups is 1. The van der Waals surface area contributed by atoms with Crippen LogP contribution in [-0.2, 0) is 25.5 Å². The van der Waals surface area contributed by atoms with Gasteiger partial charge in [-0.2, -0.15) is 0 Å². The van der Waals surface area contributed by atoms with Crippen molar-refractivity contribution in [3.8, 4) is 22.4 Å².